The van der Waals surface area contributed by atoms with Crippen LogP contribution >= 0.6 is 0 Å². The van der Waals surface area contributed by atoms with Gasteiger partial charge in [-0.2, -0.15) is 0 Å². The zero-order chi connectivity index (χ0) is 21.7. The molecule has 8 heteroatoms. The number of hydrogen-bond acceptors (Lipinski definition) is 5. The van der Waals surface area contributed by atoms with Gasteiger partial charge in [0.15, 0.2) is 0 Å². The fourth-order valence-electron chi connectivity index (χ4n) is 4.04. The van der Waals surface area contributed by atoms with E-state index >= 15 is 0 Å². The van der Waals surface area contributed by atoms with Gasteiger partial charge in [0.25, 0.3) is 5.91 Å². The molecule has 0 bridgehead atoms. The zero-order valence-electron chi connectivity index (χ0n) is 18.0. The van der Waals surface area contributed by atoms with Crippen molar-refractivity contribution in [2.45, 2.75) is 58.2 Å². The van der Waals surface area contributed by atoms with Crippen molar-refractivity contribution in [3.63, 3.8) is 0 Å². The van der Waals surface area contributed by atoms with Crippen LogP contribution in [0.2, 0.25) is 0 Å². The van der Waals surface area contributed by atoms with Crippen molar-refractivity contribution < 1.29 is 19.1 Å². The summed E-state index contributed by atoms with van der Waals surface area (Å²) in [6.45, 7) is 7.82. The Labute approximate surface area is 177 Å². The molecule has 2 aliphatic rings. The number of amides is 3. The molecule has 1 spiro atoms. The topological polar surface area (TPSA) is 99.8 Å². The lowest BCUT2D eigenvalue weighted by Gasteiger charge is -2.40. The summed E-state index contributed by atoms with van der Waals surface area (Å²) < 4.78 is 5.27. The molecular weight excluding hydrogens is 384 g/mol. The molecule has 8 nitrogen and oxygen atoms in total. The highest BCUT2D eigenvalue weighted by Gasteiger charge is 2.41. The van der Waals surface area contributed by atoms with Crippen LogP contribution < -0.4 is 16.0 Å². The second-order valence-corrected chi connectivity index (χ2v) is 8.06. The lowest BCUT2D eigenvalue weighted by Crippen LogP contribution is -2.58. The van der Waals surface area contributed by atoms with E-state index in [0.29, 0.717) is 44.7 Å². The van der Waals surface area contributed by atoms with Crippen LogP contribution in [0.1, 0.15) is 55.5 Å². The van der Waals surface area contributed by atoms with Gasteiger partial charge in [0.2, 0.25) is 11.8 Å². The van der Waals surface area contributed by atoms with E-state index in [2.05, 4.69) is 16.0 Å². The Morgan fingerprint density at radius 2 is 2.10 bits per heavy atom. The lowest BCUT2D eigenvalue weighted by atomic mass is 9.94. The van der Waals surface area contributed by atoms with Gasteiger partial charge in [0, 0.05) is 44.8 Å². The Morgan fingerprint density at radius 3 is 2.87 bits per heavy atom. The van der Waals surface area contributed by atoms with Gasteiger partial charge in [-0.25, -0.2) is 0 Å². The fraction of sp³-hybridized carbons (Fsp3) is 0.591. The number of aryl methyl sites for hydroxylation is 1. The van der Waals surface area contributed by atoms with Gasteiger partial charge in [-0.05, 0) is 51.3 Å². The average Bonchev–Trinajstić information content (AvgIpc) is 2.86. The number of rotatable bonds is 7. The third kappa shape index (κ3) is 4.92. The van der Waals surface area contributed by atoms with Crippen LogP contribution in [0.15, 0.2) is 18.2 Å². The molecule has 0 aromatic heterocycles. The van der Waals surface area contributed by atoms with Crippen LogP contribution in [-0.4, -0.2) is 60.6 Å². The first-order valence-electron chi connectivity index (χ1n) is 10.7. The van der Waals surface area contributed by atoms with Crippen LogP contribution in [-0.2, 0) is 14.3 Å². The van der Waals surface area contributed by atoms with E-state index in [1.165, 1.54) is 0 Å². The van der Waals surface area contributed by atoms with E-state index in [1.807, 2.05) is 32.0 Å². The number of carbonyl (C=O) groups is 3. The molecule has 164 valence electrons. The molecule has 3 amide bonds. The third-order valence-corrected chi connectivity index (χ3v) is 5.83. The fourth-order valence-corrected chi connectivity index (χ4v) is 4.04. The number of hydrogen-bond donors (Lipinski definition) is 3. The highest BCUT2D eigenvalue weighted by Crippen LogP contribution is 2.32. The van der Waals surface area contributed by atoms with Gasteiger partial charge in [0.1, 0.15) is 11.7 Å². The standard InChI is InChI=1S/C22H32N4O4/c1-4-30-13-5-11-23-20(28)16(3)26-12-10-22(9-8-19(26)27)24-18-14-15(2)6-7-17(18)21(29)25-22/h6-7,14,16,24H,4-5,8-13H2,1-3H3,(H,23,28)(H,25,29). The Morgan fingerprint density at radius 1 is 1.30 bits per heavy atom. The van der Waals surface area contributed by atoms with Crippen LogP contribution in [0, 0.1) is 6.92 Å². The number of nitrogens with zero attached hydrogens (tertiary/aromatic N) is 1. The maximum Gasteiger partial charge on any atom is 0.255 e. The summed E-state index contributed by atoms with van der Waals surface area (Å²) in [4.78, 5) is 39.6. The monoisotopic (exact) mass is 416 g/mol. The summed E-state index contributed by atoms with van der Waals surface area (Å²) in [7, 11) is 0. The first-order chi connectivity index (χ1) is 14.3. The van der Waals surface area contributed by atoms with E-state index in [1.54, 1.807) is 11.8 Å². The first kappa shape index (κ1) is 22.1. The Hall–Kier alpha value is -2.61. The molecule has 1 saturated heterocycles. The van der Waals surface area contributed by atoms with Crippen molar-refractivity contribution in [2.75, 3.05) is 31.6 Å². The predicted octanol–water partition coefficient (Wildman–Crippen LogP) is 1.79. The van der Waals surface area contributed by atoms with Crippen molar-refractivity contribution in [2.24, 2.45) is 0 Å². The highest BCUT2D eigenvalue weighted by molar-refractivity contribution is 6.02. The Bertz CT molecular complexity index is 812. The summed E-state index contributed by atoms with van der Waals surface area (Å²) in [5.74, 6) is -0.378. The zero-order valence-corrected chi connectivity index (χ0v) is 18.0. The van der Waals surface area contributed by atoms with Crippen LogP contribution in [0.5, 0.6) is 0 Å². The van der Waals surface area contributed by atoms with Crippen molar-refractivity contribution >= 4 is 23.4 Å². The van der Waals surface area contributed by atoms with E-state index in [0.717, 1.165) is 17.7 Å². The minimum absolute atomic E-state index is 0.0741. The first-order valence-corrected chi connectivity index (χ1v) is 10.7. The van der Waals surface area contributed by atoms with Gasteiger partial charge >= 0.3 is 0 Å². The normalized spacial score (nSPS) is 22.0. The molecule has 0 aliphatic carbocycles. The smallest absolute Gasteiger partial charge is 0.255 e. The SMILES string of the molecule is CCOCCCNC(=O)C(C)N1CCC2(CCC1=O)NC(=O)c1ccc(C)cc1N2. The maximum absolute atomic E-state index is 12.8. The van der Waals surface area contributed by atoms with E-state index < -0.39 is 11.7 Å². The molecule has 30 heavy (non-hydrogen) atoms. The van der Waals surface area contributed by atoms with Crippen LogP contribution in [0.3, 0.4) is 0 Å². The quantitative estimate of drug-likeness (QED) is 0.589. The molecule has 3 rings (SSSR count). The Kier molecular flexibility index (Phi) is 6.97. The molecule has 2 atom stereocenters. The molecule has 1 aromatic rings. The molecule has 0 radical (unpaired) electrons. The molecule has 3 N–H and O–H groups in total. The molecule has 1 aromatic carbocycles. The number of likely N-dealkylation sites (tertiary alicyclic amines) is 1. The molecular formula is C22H32N4O4. The van der Waals surface area contributed by atoms with Gasteiger partial charge in [-0.1, -0.05) is 6.07 Å². The van der Waals surface area contributed by atoms with Crippen molar-refractivity contribution in [1.82, 2.24) is 15.5 Å². The summed E-state index contributed by atoms with van der Waals surface area (Å²) in [6.07, 6.45) is 2.00. The molecule has 2 heterocycles. The number of anilines is 1. The summed E-state index contributed by atoms with van der Waals surface area (Å²) in [5, 5.41) is 9.41. The minimum Gasteiger partial charge on any atom is -0.382 e. The average molecular weight is 417 g/mol. The van der Waals surface area contributed by atoms with Crippen molar-refractivity contribution in [1.29, 1.82) is 0 Å². The van der Waals surface area contributed by atoms with Gasteiger partial charge in [-0.3, -0.25) is 14.4 Å². The summed E-state index contributed by atoms with van der Waals surface area (Å²) >= 11 is 0. The predicted molar refractivity (Wildman–Crippen MR) is 114 cm³/mol. The van der Waals surface area contributed by atoms with E-state index in [4.69, 9.17) is 4.74 Å². The number of nitrogens with one attached hydrogen (secondary N) is 3. The number of fused-ring (bicyclic) bond motifs is 1. The van der Waals surface area contributed by atoms with Crippen LogP contribution in [0.4, 0.5) is 5.69 Å². The molecule has 1 fully saturated rings. The third-order valence-electron chi connectivity index (χ3n) is 5.83. The second-order valence-electron chi connectivity index (χ2n) is 8.06. The number of ether oxygens (including phenoxy) is 1. The van der Waals surface area contributed by atoms with Gasteiger partial charge in [-0.15, -0.1) is 0 Å². The maximum atomic E-state index is 12.8. The Balaban J connectivity index is 1.64. The lowest BCUT2D eigenvalue weighted by molar-refractivity contribution is -0.139. The molecule has 2 aliphatic heterocycles. The van der Waals surface area contributed by atoms with E-state index in [9.17, 15) is 14.4 Å². The van der Waals surface area contributed by atoms with Crippen molar-refractivity contribution in [3.8, 4) is 0 Å². The minimum atomic E-state index is -0.685. The van der Waals surface area contributed by atoms with Crippen LogP contribution in [0.25, 0.3) is 0 Å². The summed E-state index contributed by atoms with van der Waals surface area (Å²) in [5.41, 5.74) is 1.78. The van der Waals surface area contributed by atoms with Gasteiger partial charge < -0.3 is 25.6 Å². The van der Waals surface area contributed by atoms with Gasteiger partial charge in [0.05, 0.1) is 5.56 Å². The van der Waals surface area contributed by atoms with Crippen molar-refractivity contribution in [3.05, 3.63) is 29.3 Å². The van der Waals surface area contributed by atoms with E-state index in [-0.39, 0.29) is 24.1 Å². The molecule has 2 unspecified atom stereocenters. The molecule has 0 saturated carbocycles. The number of benzene rings is 1. The number of carbonyl (C=O) groups excluding carboxylic acids is 3. The largest absolute Gasteiger partial charge is 0.382 e. The highest BCUT2D eigenvalue weighted by atomic mass is 16.5. The summed E-state index contributed by atoms with van der Waals surface area (Å²) in [6, 6.07) is 5.11. The second kappa shape index (κ2) is 9.47.